The summed E-state index contributed by atoms with van der Waals surface area (Å²) in [5.41, 5.74) is 4.18. The zero-order valence-corrected chi connectivity index (χ0v) is 19.8. The Labute approximate surface area is 203 Å². The number of rotatable bonds is 8. The first-order valence-electron chi connectivity index (χ1n) is 11.5. The molecule has 0 saturated carbocycles. The van der Waals surface area contributed by atoms with Gasteiger partial charge in [0.2, 0.25) is 11.8 Å². The first-order chi connectivity index (χ1) is 17.2. The van der Waals surface area contributed by atoms with Gasteiger partial charge in [-0.3, -0.25) is 0 Å². The van der Waals surface area contributed by atoms with Crippen LogP contribution in [-0.2, 0) is 0 Å². The number of para-hydroxylation sites is 1. The van der Waals surface area contributed by atoms with Crippen molar-refractivity contribution in [2.45, 2.75) is 13.8 Å². The third-order valence-electron chi connectivity index (χ3n) is 5.55. The minimum absolute atomic E-state index is 0.399. The number of hydrogen-bond donors (Lipinski definition) is 0. The summed E-state index contributed by atoms with van der Waals surface area (Å²) >= 11 is 0. The minimum Gasteiger partial charge on any atom is -0.497 e. The van der Waals surface area contributed by atoms with Gasteiger partial charge in [0, 0.05) is 16.5 Å². The molecule has 5 rings (SSSR count). The van der Waals surface area contributed by atoms with E-state index in [9.17, 15) is 0 Å². The summed E-state index contributed by atoms with van der Waals surface area (Å²) in [7, 11) is 1.65. The molecule has 0 fully saturated rings. The van der Waals surface area contributed by atoms with Crippen molar-refractivity contribution in [1.82, 2.24) is 15.2 Å². The molecular formula is C28H25N3O4. The predicted molar refractivity (Wildman–Crippen MR) is 135 cm³/mol. The molecule has 0 atom stereocenters. The van der Waals surface area contributed by atoms with E-state index in [2.05, 4.69) is 10.2 Å². The minimum atomic E-state index is 0.399. The van der Waals surface area contributed by atoms with Crippen molar-refractivity contribution in [3.63, 3.8) is 0 Å². The summed E-state index contributed by atoms with van der Waals surface area (Å²) in [4.78, 5) is 4.85. The first-order valence-corrected chi connectivity index (χ1v) is 11.5. The molecule has 0 aliphatic rings. The largest absolute Gasteiger partial charge is 0.497 e. The Morgan fingerprint density at radius 1 is 0.743 bits per heavy atom. The summed E-state index contributed by atoms with van der Waals surface area (Å²) in [6.07, 6.45) is 0. The molecule has 0 saturated heterocycles. The number of benzene rings is 3. The molecule has 3 aromatic carbocycles. The van der Waals surface area contributed by atoms with Gasteiger partial charge in [-0.25, -0.2) is 4.98 Å². The summed E-state index contributed by atoms with van der Waals surface area (Å²) < 4.78 is 22.9. The number of ether oxygens (including phenoxy) is 3. The summed E-state index contributed by atoms with van der Waals surface area (Å²) in [6.45, 7) is 4.95. The van der Waals surface area contributed by atoms with Crippen LogP contribution < -0.4 is 14.2 Å². The van der Waals surface area contributed by atoms with E-state index in [0.717, 1.165) is 39.0 Å². The van der Waals surface area contributed by atoms with Crippen molar-refractivity contribution in [3.8, 4) is 51.4 Å². The highest BCUT2D eigenvalue weighted by Gasteiger charge is 2.17. The van der Waals surface area contributed by atoms with Crippen LogP contribution in [0.15, 0.2) is 77.2 Å². The second-order valence-electron chi connectivity index (χ2n) is 7.74. The molecule has 2 heterocycles. The van der Waals surface area contributed by atoms with Gasteiger partial charge >= 0.3 is 0 Å². The Morgan fingerprint density at radius 2 is 1.46 bits per heavy atom. The molecule has 0 amide bonds. The lowest BCUT2D eigenvalue weighted by Crippen LogP contribution is -1.98. The predicted octanol–water partition coefficient (Wildman–Crippen LogP) is 6.42. The normalized spacial score (nSPS) is 10.9. The molecule has 35 heavy (non-hydrogen) atoms. The van der Waals surface area contributed by atoms with E-state index in [1.807, 2.05) is 86.6 Å². The van der Waals surface area contributed by atoms with Gasteiger partial charge in [-0.15, -0.1) is 10.2 Å². The second-order valence-corrected chi connectivity index (χ2v) is 7.74. The Balaban J connectivity index is 1.57. The van der Waals surface area contributed by atoms with Gasteiger partial charge in [0.1, 0.15) is 5.75 Å². The molecule has 0 unspecified atom stereocenters. The maximum absolute atomic E-state index is 6.16. The number of aromatic nitrogens is 3. The van der Waals surface area contributed by atoms with Crippen LogP contribution in [0.2, 0.25) is 0 Å². The van der Waals surface area contributed by atoms with Gasteiger partial charge in [-0.05, 0) is 68.4 Å². The molecule has 7 nitrogen and oxygen atoms in total. The highest BCUT2D eigenvalue weighted by atomic mass is 16.5. The quantitative estimate of drug-likeness (QED) is 0.260. The van der Waals surface area contributed by atoms with Crippen LogP contribution >= 0.6 is 0 Å². The highest BCUT2D eigenvalue weighted by molar-refractivity contribution is 5.94. The van der Waals surface area contributed by atoms with Gasteiger partial charge in [-0.1, -0.05) is 18.2 Å². The van der Waals surface area contributed by atoms with E-state index in [4.69, 9.17) is 23.6 Å². The number of methoxy groups -OCH3 is 1. The molecule has 0 N–H and O–H groups in total. The van der Waals surface area contributed by atoms with Gasteiger partial charge in [0.25, 0.3) is 0 Å². The van der Waals surface area contributed by atoms with Crippen molar-refractivity contribution < 1.29 is 18.6 Å². The van der Waals surface area contributed by atoms with Crippen LogP contribution in [0.1, 0.15) is 13.8 Å². The molecular weight excluding hydrogens is 442 g/mol. The Bertz CT molecular complexity index is 1460. The van der Waals surface area contributed by atoms with Crippen LogP contribution in [-0.4, -0.2) is 35.5 Å². The van der Waals surface area contributed by atoms with E-state index in [-0.39, 0.29) is 0 Å². The van der Waals surface area contributed by atoms with Crippen LogP contribution in [0.25, 0.3) is 45.1 Å². The SMILES string of the molecule is CCOc1ccc(-c2nnc(-c3cc(-c4ccc(OC)cc4)nc4ccccc34)o2)cc1OCC. The molecule has 0 bridgehead atoms. The molecule has 2 aromatic heterocycles. The number of pyridine rings is 1. The van der Waals surface area contributed by atoms with Gasteiger partial charge in [-0.2, -0.15) is 0 Å². The van der Waals surface area contributed by atoms with Crippen molar-refractivity contribution in [2.75, 3.05) is 20.3 Å². The van der Waals surface area contributed by atoms with E-state index in [1.165, 1.54) is 0 Å². The maximum atomic E-state index is 6.16. The molecule has 176 valence electrons. The molecule has 7 heteroatoms. The van der Waals surface area contributed by atoms with Crippen molar-refractivity contribution in [2.24, 2.45) is 0 Å². The average Bonchev–Trinajstić information content (AvgIpc) is 3.39. The smallest absolute Gasteiger partial charge is 0.248 e. The molecule has 0 aliphatic heterocycles. The van der Waals surface area contributed by atoms with E-state index in [1.54, 1.807) is 7.11 Å². The van der Waals surface area contributed by atoms with Gasteiger partial charge in [0.05, 0.1) is 37.1 Å². The van der Waals surface area contributed by atoms with Gasteiger partial charge in [0.15, 0.2) is 11.5 Å². The van der Waals surface area contributed by atoms with Crippen LogP contribution in [0.3, 0.4) is 0 Å². The second kappa shape index (κ2) is 9.85. The monoisotopic (exact) mass is 467 g/mol. The van der Waals surface area contributed by atoms with Gasteiger partial charge < -0.3 is 18.6 Å². The fourth-order valence-electron chi connectivity index (χ4n) is 3.89. The van der Waals surface area contributed by atoms with Crippen molar-refractivity contribution in [3.05, 3.63) is 72.8 Å². The molecule has 5 aromatic rings. The Hall–Kier alpha value is -4.39. The summed E-state index contributed by atoms with van der Waals surface area (Å²) in [5, 5.41) is 9.63. The Morgan fingerprint density at radius 3 is 2.23 bits per heavy atom. The lowest BCUT2D eigenvalue weighted by molar-refractivity contribution is 0.288. The third-order valence-corrected chi connectivity index (χ3v) is 5.55. The molecule has 0 spiro atoms. The number of hydrogen-bond acceptors (Lipinski definition) is 7. The summed E-state index contributed by atoms with van der Waals surface area (Å²) in [5.74, 6) is 2.93. The first kappa shape index (κ1) is 22.4. The standard InChI is InChI=1S/C28H25N3O4/c1-4-33-25-15-12-19(16-26(25)34-5-2)27-30-31-28(35-27)22-17-24(18-10-13-20(32-3)14-11-18)29-23-9-7-6-8-21(22)23/h6-17H,4-5H2,1-3H3. The third kappa shape index (κ3) is 4.53. The highest BCUT2D eigenvalue weighted by Crippen LogP contribution is 2.36. The fourth-order valence-corrected chi connectivity index (χ4v) is 3.89. The topological polar surface area (TPSA) is 79.5 Å². The van der Waals surface area contributed by atoms with Crippen molar-refractivity contribution >= 4 is 10.9 Å². The van der Waals surface area contributed by atoms with Crippen LogP contribution in [0.5, 0.6) is 17.2 Å². The fraction of sp³-hybridized carbons (Fsp3) is 0.179. The van der Waals surface area contributed by atoms with Crippen molar-refractivity contribution in [1.29, 1.82) is 0 Å². The average molecular weight is 468 g/mol. The van der Waals surface area contributed by atoms with E-state index >= 15 is 0 Å². The number of nitrogens with zero attached hydrogens (tertiary/aromatic N) is 3. The number of fused-ring (bicyclic) bond motifs is 1. The van der Waals surface area contributed by atoms with E-state index in [0.29, 0.717) is 36.5 Å². The van der Waals surface area contributed by atoms with E-state index < -0.39 is 0 Å². The lowest BCUT2D eigenvalue weighted by Gasteiger charge is -2.11. The zero-order chi connectivity index (χ0) is 24.2. The zero-order valence-electron chi connectivity index (χ0n) is 19.8. The maximum Gasteiger partial charge on any atom is 0.248 e. The van der Waals surface area contributed by atoms with Crippen LogP contribution in [0, 0.1) is 0 Å². The molecule has 0 aliphatic carbocycles. The van der Waals surface area contributed by atoms with Crippen LogP contribution in [0.4, 0.5) is 0 Å². The Kier molecular flexibility index (Phi) is 6.30. The lowest BCUT2D eigenvalue weighted by atomic mass is 10.0. The molecule has 0 radical (unpaired) electrons. The summed E-state index contributed by atoms with van der Waals surface area (Å²) in [6, 6.07) is 23.3.